The quantitative estimate of drug-likeness (QED) is 0.601. The molecule has 0 aromatic carbocycles. The van der Waals surface area contributed by atoms with Crippen LogP contribution in [0.5, 0.6) is 0 Å². The molecule has 0 spiro atoms. The molecule has 2 aliphatic carbocycles. The lowest BCUT2D eigenvalue weighted by Gasteiger charge is -2.22. The Kier molecular flexibility index (Phi) is 4.10. The van der Waals surface area contributed by atoms with Crippen molar-refractivity contribution in [2.24, 2.45) is 17.1 Å². The van der Waals surface area contributed by atoms with Gasteiger partial charge in [0, 0.05) is 28.8 Å². The van der Waals surface area contributed by atoms with Gasteiger partial charge in [0.1, 0.15) is 5.71 Å². The van der Waals surface area contributed by atoms with Gasteiger partial charge in [-0.15, -0.1) is 0 Å². The summed E-state index contributed by atoms with van der Waals surface area (Å²) in [5.41, 5.74) is 5.41. The first-order valence-electron chi connectivity index (χ1n) is 9.24. The van der Waals surface area contributed by atoms with Crippen molar-refractivity contribution < 1.29 is 13.6 Å². The molecule has 1 amide bonds. The lowest BCUT2D eigenvalue weighted by atomic mass is 9.86. The SMILES string of the molecule is C[C@@]12CC(N)=C(C(=N)C(=O)Nc3cnn(C4CCNCC4)c3)C[C@@H]1C2(F)F. The third kappa shape index (κ3) is 2.84. The molecular formula is C18H24F2N6O. The van der Waals surface area contributed by atoms with Crippen LogP contribution in [-0.4, -0.2) is 40.4 Å². The van der Waals surface area contributed by atoms with Crippen LogP contribution in [0, 0.1) is 16.7 Å². The predicted molar refractivity (Wildman–Crippen MR) is 96.7 cm³/mol. The lowest BCUT2D eigenvalue weighted by molar-refractivity contribution is -0.110. The van der Waals surface area contributed by atoms with Crippen molar-refractivity contribution in [2.45, 2.75) is 44.6 Å². The van der Waals surface area contributed by atoms with Gasteiger partial charge in [0.15, 0.2) is 0 Å². The molecule has 1 saturated heterocycles. The van der Waals surface area contributed by atoms with Gasteiger partial charge in [-0.1, -0.05) is 6.92 Å². The van der Waals surface area contributed by atoms with Gasteiger partial charge in [0.25, 0.3) is 11.8 Å². The normalized spacial score (nSPS) is 30.0. The Morgan fingerprint density at radius 1 is 1.44 bits per heavy atom. The Morgan fingerprint density at radius 3 is 2.85 bits per heavy atom. The molecule has 0 unspecified atom stereocenters. The average molecular weight is 378 g/mol. The summed E-state index contributed by atoms with van der Waals surface area (Å²) in [5, 5.41) is 18.4. The summed E-state index contributed by atoms with van der Waals surface area (Å²) >= 11 is 0. The monoisotopic (exact) mass is 378 g/mol. The molecule has 2 heterocycles. The summed E-state index contributed by atoms with van der Waals surface area (Å²) in [7, 11) is 0. The molecule has 7 nitrogen and oxygen atoms in total. The molecule has 146 valence electrons. The fourth-order valence-corrected chi connectivity index (χ4v) is 4.37. The molecule has 9 heteroatoms. The first-order chi connectivity index (χ1) is 12.7. The summed E-state index contributed by atoms with van der Waals surface area (Å²) < 4.78 is 29.7. The highest BCUT2D eigenvalue weighted by Gasteiger charge is 2.78. The van der Waals surface area contributed by atoms with Crippen molar-refractivity contribution in [1.82, 2.24) is 15.1 Å². The summed E-state index contributed by atoms with van der Waals surface area (Å²) in [5.74, 6) is -4.28. The zero-order valence-corrected chi connectivity index (χ0v) is 15.2. The minimum Gasteiger partial charge on any atom is -0.402 e. The molecule has 1 aromatic heterocycles. The number of anilines is 1. The maximum absolute atomic E-state index is 14.0. The first kappa shape index (κ1) is 18.1. The van der Waals surface area contributed by atoms with E-state index in [-0.39, 0.29) is 35.9 Å². The van der Waals surface area contributed by atoms with Crippen molar-refractivity contribution in [2.75, 3.05) is 18.4 Å². The number of rotatable bonds is 4. The van der Waals surface area contributed by atoms with Gasteiger partial charge in [-0.2, -0.15) is 5.10 Å². The zero-order valence-electron chi connectivity index (χ0n) is 15.2. The van der Waals surface area contributed by atoms with Crippen LogP contribution in [0.15, 0.2) is 23.7 Å². The van der Waals surface area contributed by atoms with Gasteiger partial charge in [-0.05, 0) is 38.8 Å². The second kappa shape index (κ2) is 6.12. The maximum atomic E-state index is 14.0. The predicted octanol–water partition coefficient (Wildman–Crippen LogP) is 2.04. The van der Waals surface area contributed by atoms with Gasteiger partial charge >= 0.3 is 0 Å². The van der Waals surface area contributed by atoms with E-state index < -0.39 is 23.2 Å². The molecular weight excluding hydrogens is 354 g/mol. The van der Waals surface area contributed by atoms with E-state index in [1.165, 1.54) is 13.1 Å². The van der Waals surface area contributed by atoms with Crippen molar-refractivity contribution in [3.8, 4) is 0 Å². The maximum Gasteiger partial charge on any atom is 0.273 e. The van der Waals surface area contributed by atoms with Crippen molar-refractivity contribution in [3.63, 3.8) is 0 Å². The number of carbonyl (C=O) groups is 1. The molecule has 1 saturated carbocycles. The Bertz CT molecular complexity index is 826. The summed E-state index contributed by atoms with van der Waals surface area (Å²) in [4.78, 5) is 12.4. The van der Waals surface area contributed by atoms with Crippen LogP contribution < -0.4 is 16.4 Å². The number of hydrogen-bond donors (Lipinski definition) is 4. The Hall–Kier alpha value is -2.29. The number of piperidine rings is 1. The molecule has 2 fully saturated rings. The fourth-order valence-electron chi connectivity index (χ4n) is 4.37. The average Bonchev–Trinajstić information content (AvgIpc) is 2.94. The third-order valence-electron chi connectivity index (χ3n) is 6.31. The number of nitrogens with zero attached hydrogens (tertiary/aromatic N) is 2. The van der Waals surface area contributed by atoms with Gasteiger partial charge in [0.2, 0.25) is 0 Å². The van der Waals surface area contributed by atoms with Gasteiger partial charge < -0.3 is 16.4 Å². The minimum absolute atomic E-state index is 0.0172. The molecule has 5 N–H and O–H groups in total. The number of alkyl halides is 2. The van der Waals surface area contributed by atoms with Crippen molar-refractivity contribution >= 4 is 17.3 Å². The second-order valence-electron chi connectivity index (χ2n) is 8.00. The van der Waals surface area contributed by atoms with E-state index in [0.717, 1.165) is 25.9 Å². The largest absolute Gasteiger partial charge is 0.402 e. The van der Waals surface area contributed by atoms with Crippen LogP contribution in [0.4, 0.5) is 14.5 Å². The Morgan fingerprint density at radius 2 is 2.15 bits per heavy atom. The van der Waals surface area contributed by atoms with Gasteiger partial charge in [0.05, 0.1) is 17.9 Å². The number of fused-ring (bicyclic) bond motifs is 1. The van der Waals surface area contributed by atoms with E-state index in [1.54, 1.807) is 6.20 Å². The highest BCUT2D eigenvalue weighted by molar-refractivity contribution is 6.47. The third-order valence-corrected chi connectivity index (χ3v) is 6.31. The molecule has 27 heavy (non-hydrogen) atoms. The number of allylic oxidation sites excluding steroid dienone is 1. The number of halogens is 2. The summed E-state index contributed by atoms with van der Waals surface area (Å²) in [6.07, 6.45) is 5.19. The van der Waals surface area contributed by atoms with Crippen LogP contribution >= 0.6 is 0 Å². The number of amides is 1. The zero-order chi connectivity index (χ0) is 19.4. The van der Waals surface area contributed by atoms with Crippen LogP contribution in [0.25, 0.3) is 0 Å². The van der Waals surface area contributed by atoms with E-state index in [2.05, 4.69) is 15.7 Å². The van der Waals surface area contributed by atoms with Gasteiger partial charge in [-0.25, -0.2) is 8.78 Å². The molecule has 1 aliphatic heterocycles. The molecule has 2 atom stereocenters. The number of carbonyl (C=O) groups excluding carboxylic acids is 1. The van der Waals surface area contributed by atoms with E-state index in [0.29, 0.717) is 5.69 Å². The standard InChI is InChI=1S/C18H24F2N6O/c1-17-7-13(21)12(6-14(17)18(17,19)20)15(22)16(27)25-10-8-24-26(9-10)11-2-4-23-5-3-11/h8-9,11,14,22-23H,2-7,21H2,1H3,(H,25,27)/t14-,17+/m0/s1. The van der Waals surface area contributed by atoms with Crippen LogP contribution in [0.3, 0.4) is 0 Å². The number of nitrogens with two attached hydrogens (primary N) is 1. The van der Waals surface area contributed by atoms with Crippen LogP contribution in [0.2, 0.25) is 0 Å². The summed E-state index contributed by atoms with van der Waals surface area (Å²) in [6, 6.07) is 0.280. The smallest absolute Gasteiger partial charge is 0.273 e. The molecule has 1 aromatic rings. The van der Waals surface area contributed by atoms with E-state index in [1.807, 2.05) is 4.68 Å². The Balaban J connectivity index is 1.42. The number of hydrogen-bond acceptors (Lipinski definition) is 5. The lowest BCUT2D eigenvalue weighted by Crippen LogP contribution is -2.29. The van der Waals surface area contributed by atoms with Crippen LogP contribution in [0.1, 0.15) is 38.6 Å². The highest BCUT2D eigenvalue weighted by Crippen LogP contribution is 2.72. The molecule has 4 rings (SSSR count). The van der Waals surface area contributed by atoms with Crippen molar-refractivity contribution in [1.29, 1.82) is 5.41 Å². The second-order valence-corrected chi connectivity index (χ2v) is 8.00. The molecule has 0 bridgehead atoms. The fraction of sp³-hybridized carbons (Fsp3) is 0.611. The van der Waals surface area contributed by atoms with E-state index in [9.17, 15) is 13.6 Å². The van der Waals surface area contributed by atoms with Gasteiger partial charge in [-0.3, -0.25) is 14.9 Å². The highest BCUT2D eigenvalue weighted by atomic mass is 19.3. The minimum atomic E-state index is -2.79. The topological polar surface area (TPSA) is 109 Å². The molecule has 0 radical (unpaired) electrons. The van der Waals surface area contributed by atoms with E-state index in [4.69, 9.17) is 11.1 Å². The number of aromatic nitrogens is 2. The van der Waals surface area contributed by atoms with E-state index >= 15 is 0 Å². The van der Waals surface area contributed by atoms with Crippen LogP contribution in [-0.2, 0) is 4.79 Å². The molecule has 3 aliphatic rings. The Labute approximate surface area is 155 Å². The number of nitrogens with one attached hydrogen (secondary N) is 3. The first-order valence-corrected chi connectivity index (χ1v) is 9.24. The van der Waals surface area contributed by atoms with Crippen molar-refractivity contribution in [3.05, 3.63) is 23.7 Å². The summed E-state index contributed by atoms with van der Waals surface area (Å²) in [6.45, 7) is 3.37.